The Labute approximate surface area is 90.1 Å². The van der Waals surface area contributed by atoms with Gasteiger partial charge < -0.3 is 5.73 Å². The van der Waals surface area contributed by atoms with Gasteiger partial charge in [-0.2, -0.15) is 0 Å². The van der Waals surface area contributed by atoms with Crippen LogP contribution in [0.25, 0.3) is 0 Å². The van der Waals surface area contributed by atoms with Gasteiger partial charge in [0, 0.05) is 11.3 Å². The van der Waals surface area contributed by atoms with Gasteiger partial charge in [-0.1, -0.05) is 23.3 Å². The third-order valence-electron chi connectivity index (χ3n) is 2.90. The van der Waals surface area contributed by atoms with Crippen molar-refractivity contribution in [3.05, 3.63) is 34.3 Å². The Hall–Kier alpha value is -0.470. The zero-order chi connectivity index (χ0) is 10.1. The van der Waals surface area contributed by atoms with Crippen molar-refractivity contribution in [3.8, 4) is 0 Å². The molecule has 1 aliphatic heterocycles. The molecule has 0 bridgehead atoms. The van der Waals surface area contributed by atoms with Crippen LogP contribution in [0.15, 0.2) is 34.3 Å². The summed E-state index contributed by atoms with van der Waals surface area (Å²) in [5.74, 6) is 0. The molecular weight excluding hydrogens is 190 g/mol. The van der Waals surface area contributed by atoms with Crippen molar-refractivity contribution in [1.29, 1.82) is 0 Å². The standard InChI is InChI=1S/C12H17NS/c1-8-5-12(14-7-8)10-3-4-11(13)9(2)6-10/h3,6-7,11-12H,4-5,13H2,1-2H3. The number of thioether (sulfide) groups is 1. The molecule has 0 amide bonds. The second-order valence-electron chi connectivity index (χ2n) is 4.23. The summed E-state index contributed by atoms with van der Waals surface area (Å²) in [6, 6.07) is 0.249. The zero-order valence-corrected chi connectivity index (χ0v) is 9.60. The molecule has 0 saturated carbocycles. The molecule has 2 rings (SSSR count). The van der Waals surface area contributed by atoms with E-state index < -0.39 is 0 Å². The minimum atomic E-state index is 0.249. The molecule has 1 heterocycles. The summed E-state index contributed by atoms with van der Waals surface area (Å²) in [6.45, 7) is 4.34. The lowest BCUT2D eigenvalue weighted by Gasteiger charge is -2.20. The van der Waals surface area contributed by atoms with Crippen molar-refractivity contribution in [1.82, 2.24) is 0 Å². The maximum atomic E-state index is 5.93. The third-order valence-corrected chi connectivity index (χ3v) is 4.21. The monoisotopic (exact) mass is 207 g/mol. The Balaban J connectivity index is 2.07. The summed E-state index contributed by atoms with van der Waals surface area (Å²) >= 11 is 1.94. The lowest BCUT2D eigenvalue weighted by atomic mass is 9.93. The molecule has 0 radical (unpaired) electrons. The van der Waals surface area contributed by atoms with Crippen LogP contribution in [0.3, 0.4) is 0 Å². The van der Waals surface area contributed by atoms with E-state index in [-0.39, 0.29) is 6.04 Å². The van der Waals surface area contributed by atoms with Crippen molar-refractivity contribution in [3.63, 3.8) is 0 Å². The smallest absolute Gasteiger partial charge is 0.0372 e. The van der Waals surface area contributed by atoms with Gasteiger partial charge in [0.2, 0.25) is 0 Å². The topological polar surface area (TPSA) is 26.0 Å². The number of rotatable bonds is 1. The molecule has 1 nitrogen and oxygen atoms in total. The average Bonchev–Trinajstić information content (AvgIpc) is 2.57. The minimum absolute atomic E-state index is 0.249. The van der Waals surface area contributed by atoms with Crippen molar-refractivity contribution >= 4 is 11.8 Å². The zero-order valence-electron chi connectivity index (χ0n) is 8.79. The maximum absolute atomic E-state index is 5.93. The maximum Gasteiger partial charge on any atom is 0.0372 e. The van der Waals surface area contributed by atoms with Gasteiger partial charge in [-0.3, -0.25) is 0 Å². The summed E-state index contributed by atoms with van der Waals surface area (Å²) in [4.78, 5) is 0. The molecule has 0 fully saturated rings. The SMILES string of the molecule is CC1=CSC(C2=CCC(N)C(C)=C2)C1. The Morgan fingerprint density at radius 2 is 2.21 bits per heavy atom. The summed E-state index contributed by atoms with van der Waals surface area (Å²) in [5.41, 5.74) is 10.2. The predicted octanol–water partition coefficient (Wildman–Crippen LogP) is 3.00. The van der Waals surface area contributed by atoms with Crippen LogP contribution >= 0.6 is 11.8 Å². The van der Waals surface area contributed by atoms with Gasteiger partial charge >= 0.3 is 0 Å². The van der Waals surface area contributed by atoms with E-state index in [0.29, 0.717) is 5.25 Å². The van der Waals surface area contributed by atoms with E-state index in [1.807, 2.05) is 11.8 Å². The van der Waals surface area contributed by atoms with Gasteiger partial charge in [0.25, 0.3) is 0 Å². The van der Waals surface area contributed by atoms with E-state index in [1.54, 1.807) is 0 Å². The quantitative estimate of drug-likeness (QED) is 0.715. The normalized spacial score (nSPS) is 32.4. The average molecular weight is 207 g/mol. The van der Waals surface area contributed by atoms with Crippen LogP contribution in [0.4, 0.5) is 0 Å². The number of nitrogens with two attached hydrogens (primary N) is 1. The van der Waals surface area contributed by atoms with Crippen molar-refractivity contribution in [2.24, 2.45) is 5.73 Å². The van der Waals surface area contributed by atoms with E-state index in [4.69, 9.17) is 5.73 Å². The summed E-state index contributed by atoms with van der Waals surface area (Å²) in [7, 11) is 0. The Bertz CT molecular complexity index is 325. The Kier molecular flexibility index (Phi) is 2.84. The molecule has 0 spiro atoms. The molecular formula is C12H17NS. The van der Waals surface area contributed by atoms with E-state index in [0.717, 1.165) is 6.42 Å². The highest BCUT2D eigenvalue weighted by Crippen LogP contribution is 2.36. The largest absolute Gasteiger partial charge is 0.324 e. The molecule has 0 aromatic rings. The van der Waals surface area contributed by atoms with Crippen LogP contribution in [0.1, 0.15) is 26.7 Å². The first kappa shape index (κ1) is 10.1. The number of allylic oxidation sites excluding steroid dienone is 2. The molecule has 0 aromatic heterocycles. The van der Waals surface area contributed by atoms with Crippen molar-refractivity contribution in [2.45, 2.75) is 38.0 Å². The molecule has 0 aromatic carbocycles. The molecule has 0 saturated heterocycles. The molecule has 2 N–H and O–H groups in total. The third kappa shape index (κ3) is 1.96. The Morgan fingerprint density at radius 3 is 2.79 bits per heavy atom. The predicted molar refractivity (Wildman–Crippen MR) is 64.2 cm³/mol. The van der Waals surface area contributed by atoms with Crippen LogP contribution in [-0.2, 0) is 0 Å². The molecule has 2 unspecified atom stereocenters. The van der Waals surface area contributed by atoms with Crippen LogP contribution in [0.2, 0.25) is 0 Å². The minimum Gasteiger partial charge on any atom is -0.324 e. The summed E-state index contributed by atoms with van der Waals surface area (Å²) in [5, 5.41) is 2.93. The van der Waals surface area contributed by atoms with Crippen LogP contribution in [-0.4, -0.2) is 11.3 Å². The number of hydrogen-bond donors (Lipinski definition) is 1. The van der Waals surface area contributed by atoms with Crippen molar-refractivity contribution in [2.75, 3.05) is 0 Å². The van der Waals surface area contributed by atoms with E-state index in [9.17, 15) is 0 Å². The molecule has 2 heteroatoms. The Morgan fingerprint density at radius 1 is 1.43 bits per heavy atom. The van der Waals surface area contributed by atoms with E-state index in [1.165, 1.54) is 23.1 Å². The fourth-order valence-corrected chi connectivity index (χ4v) is 3.06. The lowest BCUT2D eigenvalue weighted by Crippen LogP contribution is -2.23. The lowest BCUT2D eigenvalue weighted by molar-refractivity contribution is 0.759. The molecule has 76 valence electrons. The molecule has 2 atom stereocenters. The van der Waals surface area contributed by atoms with E-state index in [2.05, 4.69) is 31.4 Å². The van der Waals surface area contributed by atoms with Gasteiger partial charge in [0.05, 0.1) is 0 Å². The molecule has 1 aliphatic carbocycles. The summed E-state index contributed by atoms with van der Waals surface area (Å²) < 4.78 is 0. The van der Waals surface area contributed by atoms with E-state index >= 15 is 0 Å². The summed E-state index contributed by atoms with van der Waals surface area (Å²) in [6.07, 6.45) is 6.79. The highest BCUT2D eigenvalue weighted by Gasteiger charge is 2.21. The van der Waals surface area contributed by atoms with Gasteiger partial charge in [0.1, 0.15) is 0 Å². The highest BCUT2D eigenvalue weighted by atomic mass is 32.2. The van der Waals surface area contributed by atoms with Gasteiger partial charge in [-0.25, -0.2) is 0 Å². The number of hydrogen-bond acceptors (Lipinski definition) is 2. The highest BCUT2D eigenvalue weighted by molar-refractivity contribution is 8.03. The van der Waals surface area contributed by atoms with Crippen LogP contribution in [0, 0.1) is 0 Å². The van der Waals surface area contributed by atoms with Crippen molar-refractivity contribution < 1.29 is 0 Å². The second kappa shape index (κ2) is 3.95. The van der Waals surface area contributed by atoms with Crippen LogP contribution < -0.4 is 5.73 Å². The second-order valence-corrected chi connectivity index (χ2v) is 5.30. The molecule has 14 heavy (non-hydrogen) atoms. The fourth-order valence-electron chi connectivity index (χ4n) is 1.89. The van der Waals surface area contributed by atoms with Gasteiger partial charge in [0.15, 0.2) is 0 Å². The van der Waals surface area contributed by atoms with Gasteiger partial charge in [-0.15, -0.1) is 11.8 Å². The first-order chi connectivity index (χ1) is 6.66. The first-order valence-corrected chi connectivity index (χ1v) is 6.06. The van der Waals surface area contributed by atoms with Gasteiger partial charge in [-0.05, 0) is 37.7 Å². The first-order valence-electron chi connectivity index (χ1n) is 5.12. The van der Waals surface area contributed by atoms with Crippen LogP contribution in [0.5, 0.6) is 0 Å². The molecule has 2 aliphatic rings. The fraction of sp³-hybridized carbons (Fsp3) is 0.500.